The predicted octanol–water partition coefficient (Wildman–Crippen LogP) is 1.93. The molecule has 2 rings (SSSR count). The normalized spacial score (nSPS) is 24.9. The summed E-state index contributed by atoms with van der Waals surface area (Å²) in [6.45, 7) is 3.50. The fourth-order valence-electron chi connectivity index (χ4n) is 1.58. The van der Waals surface area contributed by atoms with Crippen molar-refractivity contribution >= 4 is 11.6 Å². The largest absolute Gasteiger partial charge is 0.379 e. The summed E-state index contributed by atoms with van der Waals surface area (Å²) in [5, 5.41) is 8.00. The zero-order valence-corrected chi connectivity index (χ0v) is 8.94. The molecule has 0 aromatic carbocycles. The van der Waals surface area contributed by atoms with Crippen LogP contribution in [-0.4, -0.2) is 28.2 Å². The summed E-state index contributed by atoms with van der Waals surface area (Å²) in [7, 11) is 0. The van der Waals surface area contributed by atoms with Gasteiger partial charge in [-0.1, -0.05) is 5.21 Å². The first-order chi connectivity index (χ1) is 6.77. The molecule has 0 aliphatic carbocycles. The van der Waals surface area contributed by atoms with Crippen LogP contribution in [0.1, 0.15) is 36.9 Å². The maximum Gasteiger partial charge on any atom is 0.100 e. The summed E-state index contributed by atoms with van der Waals surface area (Å²) in [4.78, 5) is 0. The van der Waals surface area contributed by atoms with Crippen molar-refractivity contribution in [3.63, 3.8) is 0 Å². The molecule has 0 bridgehead atoms. The molecule has 1 aliphatic rings. The Kier molecular flexibility index (Phi) is 3.03. The molecule has 1 aromatic rings. The molecule has 2 heterocycles. The number of nitrogens with zero attached hydrogens (tertiary/aromatic N) is 3. The van der Waals surface area contributed by atoms with Crippen molar-refractivity contribution in [2.24, 2.45) is 0 Å². The van der Waals surface area contributed by atoms with E-state index in [2.05, 4.69) is 10.3 Å². The molecule has 0 N–H and O–H groups in total. The van der Waals surface area contributed by atoms with Crippen molar-refractivity contribution in [2.45, 2.75) is 31.2 Å². The average Bonchev–Trinajstić information content (AvgIpc) is 2.68. The van der Waals surface area contributed by atoms with Gasteiger partial charge >= 0.3 is 0 Å². The first-order valence-electron chi connectivity index (χ1n) is 4.91. The van der Waals surface area contributed by atoms with Gasteiger partial charge in [-0.2, -0.15) is 0 Å². The van der Waals surface area contributed by atoms with Gasteiger partial charge in [-0.15, -0.1) is 16.7 Å². The molecule has 78 valence electrons. The minimum absolute atomic E-state index is 0.0757. The first-order valence-corrected chi connectivity index (χ1v) is 5.34. The van der Waals surface area contributed by atoms with E-state index in [1.54, 1.807) is 0 Å². The lowest BCUT2D eigenvalue weighted by atomic mass is 10.1. The first kappa shape index (κ1) is 9.93. The molecule has 0 radical (unpaired) electrons. The van der Waals surface area contributed by atoms with E-state index < -0.39 is 0 Å². The summed E-state index contributed by atoms with van der Waals surface area (Å²) in [5.41, 5.74) is 0.831. The van der Waals surface area contributed by atoms with Gasteiger partial charge in [0.1, 0.15) is 5.69 Å². The molecule has 0 spiro atoms. The minimum Gasteiger partial charge on any atom is -0.379 e. The van der Waals surface area contributed by atoms with Gasteiger partial charge in [0.15, 0.2) is 0 Å². The lowest BCUT2D eigenvalue weighted by molar-refractivity contribution is 0.0543. The van der Waals surface area contributed by atoms with E-state index >= 15 is 0 Å². The molecule has 0 amide bonds. The molecule has 5 heteroatoms. The summed E-state index contributed by atoms with van der Waals surface area (Å²) in [6.07, 6.45) is 4.12. The second kappa shape index (κ2) is 4.28. The Morgan fingerprint density at radius 1 is 1.71 bits per heavy atom. The second-order valence-corrected chi connectivity index (χ2v) is 4.27. The molecule has 14 heavy (non-hydrogen) atoms. The molecule has 1 aliphatic heterocycles. The maximum atomic E-state index is 5.91. The van der Waals surface area contributed by atoms with E-state index in [0.29, 0.717) is 6.04 Å². The third-order valence-corrected chi connectivity index (χ3v) is 2.67. The van der Waals surface area contributed by atoms with Crippen LogP contribution in [0, 0.1) is 0 Å². The SMILES string of the molecule is CC(Cl)c1cn(C2CCCOC2)nn1. The van der Waals surface area contributed by atoms with E-state index in [0.717, 1.165) is 31.7 Å². The van der Waals surface area contributed by atoms with Crippen LogP contribution in [-0.2, 0) is 4.74 Å². The average molecular weight is 216 g/mol. The lowest BCUT2D eigenvalue weighted by Gasteiger charge is -2.21. The van der Waals surface area contributed by atoms with Crippen molar-refractivity contribution in [2.75, 3.05) is 13.2 Å². The molecule has 1 saturated heterocycles. The van der Waals surface area contributed by atoms with Gasteiger partial charge in [-0.25, -0.2) is 4.68 Å². The number of ether oxygens (including phenoxy) is 1. The Bertz CT molecular complexity index is 294. The van der Waals surface area contributed by atoms with Gasteiger partial charge in [0, 0.05) is 6.61 Å². The number of alkyl halides is 1. The maximum absolute atomic E-state index is 5.91. The molecule has 2 unspecified atom stereocenters. The smallest absolute Gasteiger partial charge is 0.100 e. The fourth-order valence-corrected chi connectivity index (χ4v) is 1.68. The molecule has 0 saturated carbocycles. The molecule has 1 fully saturated rings. The summed E-state index contributed by atoms with van der Waals surface area (Å²) < 4.78 is 7.25. The van der Waals surface area contributed by atoms with Gasteiger partial charge in [0.05, 0.1) is 24.2 Å². The Morgan fingerprint density at radius 3 is 3.14 bits per heavy atom. The number of hydrogen-bond donors (Lipinski definition) is 0. The summed E-state index contributed by atoms with van der Waals surface area (Å²) in [6, 6.07) is 0.334. The topological polar surface area (TPSA) is 39.9 Å². The van der Waals surface area contributed by atoms with Crippen molar-refractivity contribution in [3.8, 4) is 0 Å². The Labute approximate surface area is 88.2 Å². The minimum atomic E-state index is -0.0757. The van der Waals surface area contributed by atoms with E-state index in [-0.39, 0.29) is 5.38 Å². The second-order valence-electron chi connectivity index (χ2n) is 3.61. The quantitative estimate of drug-likeness (QED) is 0.708. The van der Waals surface area contributed by atoms with Crippen LogP contribution in [0.2, 0.25) is 0 Å². The molecule has 4 nitrogen and oxygen atoms in total. The van der Waals surface area contributed by atoms with Crippen molar-refractivity contribution in [1.29, 1.82) is 0 Å². The van der Waals surface area contributed by atoms with Crippen LogP contribution in [0.25, 0.3) is 0 Å². The van der Waals surface area contributed by atoms with Crippen LogP contribution in [0.3, 0.4) is 0 Å². The van der Waals surface area contributed by atoms with Crippen LogP contribution in [0.5, 0.6) is 0 Å². The molecular weight excluding hydrogens is 202 g/mol. The highest BCUT2D eigenvalue weighted by Gasteiger charge is 2.18. The van der Waals surface area contributed by atoms with Crippen LogP contribution >= 0.6 is 11.6 Å². The number of aromatic nitrogens is 3. The highest BCUT2D eigenvalue weighted by atomic mass is 35.5. The van der Waals surface area contributed by atoms with Gasteiger partial charge < -0.3 is 4.74 Å². The standard InChI is InChI=1S/C9H14ClN3O/c1-7(10)9-5-13(12-11-9)8-3-2-4-14-6-8/h5,7-8H,2-4,6H2,1H3. The Morgan fingerprint density at radius 2 is 2.57 bits per heavy atom. The summed E-state index contributed by atoms with van der Waals surface area (Å²) >= 11 is 5.91. The van der Waals surface area contributed by atoms with Crippen molar-refractivity contribution in [3.05, 3.63) is 11.9 Å². The highest BCUT2D eigenvalue weighted by molar-refractivity contribution is 6.20. The number of halogens is 1. The van der Waals surface area contributed by atoms with Crippen LogP contribution in [0.4, 0.5) is 0 Å². The van der Waals surface area contributed by atoms with Gasteiger partial charge in [0.25, 0.3) is 0 Å². The van der Waals surface area contributed by atoms with Gasteiger partial charge in [0.2, 0.25) is 0 Å². The van der Waals surface area contributed by atoms with Crippen LogP contribution < -0.4 is 0 Å². The predicted molar refractivity (Wildman–Crippen MR) is 53.4 cm³/mol. The molecule has 1 aromatic heterocycles. The van der Waals surface area contributed by atoms with Crippen LogP contribution in [0.15, 0.2) is 6.20 Å². The van der Waals surface area contributed by atoms with E-state index in [1.165, 1.54) is 0 Å². The third kappa shape index (κ3) is 2.07. The highest BCUT2D eigenvalue weighted by Crippen LogP contribution is 2.21. The fraction of sp³-hybridized carbons (Fsp3) is 0.778. The number of hydrogen-bond acceptors (Lipinski definition) is 3. The lowest BCUT2D eigenvalue weighted by Crippen LogP contribution is -2.21. The van der Waals surface area contributed by atoms with Gasteiger partial charge in [-0.05, 0) is 19.8 Å². The van der Waals surface area contributed by atoms with Gasteiger partial charge in [-0.3, -0.25) is 0 Å². The Hall–Kier alpha value is -0.610. The Balaban J connectivity index is 2.07. The van der Waals surface area contributed by atoms with Crippen molar-refractivity contribution in [1.82, 2.24) is 15.0 Å². The zero-order chi connectivity index (χ0) is 9.97. The zero-order valence-electron chi connectivity index (χ0n) is 8.19. The monoisotopic (exact) mass is 215 g/mol. The third-order valence-electron chi connectivity index (χ3n) is 2.45. The van der Waals surface area contributed by atoms with E-state index in [9.17, 15) is 0 Å². The molecular formula is C9H14ClN3O. The number of rotatable bonds is 2. The van der Waals surface area contributed by atoms with E-state index in [4.69, 9.17) is 16.3 Å². The molecule has 2 atom stereocenters. The van der Waals surface area contributed by atoms with E-state index in [1.807, 2.05) is 17.8 Å². The van der Waals surface area contributed by atoms with Crippen molar-refractivity contribution < 1.29 is 4.74 Å². The summed E-state index contributed by atoms with van der Waals surface area (Å²) in [5.74, 6) is 0.